The highest BCUT2D eigenvalue weighted by Gasteiger charge is 2.18. The standard InChI is InChI=1S/C14H17N3O4/c1-4-20-12(18)8-17-10(3)13(9(2)16-17)15-14(19)11-6-5-7-21-11/h5-7H,4,8H2,1-3H3,(H,15,19). The molecule has 2 aromatic rings. The summed E-state index contributed by atoms with van der Waals surface area (Å²) in [4.78, 5) is 23.5. The Morgan fingerprint density at radius 2 is 2.19 bits per heavy atom. The highest BCUT2D eigenvalue weighted by molar-refractivity contribution is 6.02. The third-order valence-corrected chi connectivity index (χ3v) is 2.95. The summed E-state index contributed by atoms with van der Waals surface area (Å²) in [5.74, 6) is -0.513. The Kier molecular flexibility index (Phi) is 4.42. The van der Waals surface area contributed by atoms with Gasteiger partial charge in [-0.05, 0) is 32.9 Å². The number of ether oxygens (including phenoxy) is 1. The monoisotopic (exact) mass is 291 g/mol. The van der Waals surface area contributed by atoms with E-state index in [9.17, 15) is 9.59 Å². The van der Waals surface area contributed by atoms with E-state index < -0.39 is 0 Å². The van der Waals surface area contributed by atoms with Gasteiger partial charge in [-0.3, -0.25) is 14.3 Å². The maximum atomic E-state index is 12.0. The number of carbonyl (C=O) groups excluding carboxylic acids is 2. The molecule has 0 atom stereocenters. The second-order valence-electron chi connectivity index (χ2n) is 4.44. The largest absolute Gasteiger partial charge is 0.465 e. The molecule has 21 heavy (non-hydrogen) atoms. The van der Waals surface area contributed by atoms with Crippen molar-refractivity contribution in [3.8, 4) is 0 Å². The molecule has 1 amide bonds. The molecule has 0 saturated carbocycles. The van der Waals surface area contributed by atoms with Gasteiger partial charge in [-0.1, -0.05) is 0 Å². The van der Waals surface area contributed by atoms with Crippen LogP contribution in [0.25, 0.3) is 0 Å². The van der Waals surface area contributed by atoms with Crippen LogP contribution in [-0.4, -0.2) is 28.3 Å². The van der Waals surface area contributed by atoms with Gasteiger partial charge in [0.05, 0.1) is 29.9 Å². The van der Waals surface area contributed by atoms with Crippen molar-refractivity contribution < 1.29 is 18.7 Å². The van der Waals surface area contributed by atoms with E-state index in [0.717, 1.165) is 0 Å². The van der Waals surface area contributed by atoms with Gasteiger partial charge in [0.15, 0.2) is 5.76 Å². The van der Waals surface area contributed by atoms with Crippen molar-refractivity contribution in [1.82, 2.24) is 9.78 Å². The molecular formula is C14H17N3O4. The first-order chi connectivity index (χ1) is 10.0. The number of aromatic nitrogens is 2. The molecule has 0 radical (unpaired) electrons. The van der Waals surface area contributed by atoms with Crippen LogP contribution < -0.4 is 5.32 Å². The van der Waals surface area contributed by atoms with Crippen LogP contribution in [0.15, 0.2) is 22.8 Å². The Bertz CT molecular complexity index is 643. The number of esters is 1. The van der Waals surface area contributed by atoms with Gasteiger partial charge in [-0.25, -0.2) is 0 Å². The van der Waals surface area contributed by atoms with E-state index in [2.05, 4.69) is 10.4 Å². The minimum absolute atomic E-state index is 0.0110. The lowest BCUT2D eigenvalue weighted by atomic mass is 10.3. The van der Waals surface area contributed by atoms with Gasteiger partial charge in [0.2, 0.25) is 0 Å². The first-order valence-corrected chi connectivity index (χ1v) is 6.57. The van der Waals surface area contributed by atoms with Crippen LogP contribution in [0.5, 0.6) is 0 Å². The predicted molar refractivity (Wildman–Crippen MR) is 75.0 cm³/mol. The van der Waals surface area contributed by atoms with Gasteiger partial charge in [-0.2, -0.15) is 5.10 Å². The van der Waals surface area contributed by atoms with E-state index in [0.29, 0.717) is 23.7 Å². The second kappa shape index (κ2) is 6.25. The van der Waals surface area contributed by atoms with Gasteiger partial charge in [-0.15, -0.1) is 0 Å². The van der Waals surface area contributed by atoms with E-state index in [-0.39, 0.29) is 24.2 Å². The van der Waals surface area contributed by atoms with Gasteiger partial charge < -0.3 is 14.5 Å². The molecule has 0 bridgehead atoms. The average molecular weight is 291 g/mol. The molecule has 0 aliphatic heterocycles. The summed E-state index contributed by atoms with van der Waals surface area (Å²) in [5.41, 5.74) is 1.87. The molecule has 112 valence electrons. The smallest absolute Gasteiger partial charge is 0.327 e. The quantitative estimate of drug-likeness (QED) is 0.850. The Balaban J connectivity index is 2.15. The minimum atomic E-state index is -0.369. The van der Waals surface area contributed by atoms with E-state index in [1.54, 1.807) is 32.9 Å². The zero-order chi connectivity index (χ0) is 15.4. The third kappa shape index (κ3) is 3.31. The summed E-state index contributed by atoms with van der Waals surface area (Å²) in [6.45, 7) is 5.61. The maximum Gasteiger partial charge on any atom is 0.327 e. The summed E-state index contributed by atoms with van der Waals surface area (Å²) in [6.07, 6.45) is 1.43. The summed E-state index contributed by atoms with van der Waals surface area (Å²) < 4.78 is 11.4. The van der Waals surface area contributed by atoms with E-state index in [1.807, 2.05) is 0 Å². The zero-order valence-corrected chi connectivity index (χ0v) is 12.2. The van der Waals surface area contributed by atoms with Crippen LogP contribution in [-0.2, 0) is 16.1 Å². The van der Waals surface area contributed by atoms with Crippen molar-refractivity contribution in [1.29, 1.82) is 0 Å². The average Bonchev–Trinajstić information content (AvgIpc) is 3.04. The van der Waals surface area contributed by atoms with E-state index in [1.165, 1.54) is 10.9 Å². The summed E-state index contributed by atoms with van der Waals surface area (Å²) in [5, 5.41) is 6.98. The van der Waals surface area contributed by atoms with Gasteiger partial charge in [0, 0.05) is 0 Å². The number of aryl methyl sites for hydroxylation is 1. The number of hydrogen-bond acceptors (Lipinski definition) is 5. The lowest BCUT2D eigenvalue weighted by molar-refractivity contribution is -0.144. The number of hydrogen-bond donors (Lipinski definition) is 1. The van der Waals surface area contributed by atoms with Crippen LogP contribution in [0.4, 0.5) is 5.69 Å². The van der Waals surface area contributed by atoms with Crippen LogP contribution >= 0.6 is 0 Å². The molecule has 0 saturated heterocycles. The lowest BCUT2D eigenvalue weighted by Gasteiger charge is -2.06. The van der Waals surface area contributed by atoms with Crippen LogP contribution in [0.1, 0.15) is 28.9 Å². The summed E-state index contributed by atoms with van der Waals surface area (Å²) >= 11 is 0. The molecule has 0 aromatic carbocycles. The molecule has 0 spiro atoms. The Morgan fingerprint density at radius 3 is 2.81 bits per heavy atom. The summed E-state index contributed by atoms with van der Waals surface area (Å²) in [7, 11) is 0. The fourth-order valence-electron chi connectivity index (χ4n) is 1.94. The normalized spacial score (nSPS) is 10.4. The highest BCUT2D eigenvalue weighted by Crippen LogP contribution is 2.20. The first-order valence-electron chi connectivity index (χ1n) is 6.57. The number of carbonyl (C=O) groups is 2. The Labute approximate surface area is 121 Å². The number of amides is 1. The fraction of sp³-hybridized carbons (Fsp3) is 0.357. The summed E-state index contributed by atoms with van der Waals surface area (Å²) in [6, 6.07) is 3.21. The van der Waals surface area contributed by atoms with Crippen LogP contribution in [0.2, 0.25) is 0 Å². The molecule has 1 N–H and O–H groups in total. The van der Waals surface area contributed by atoms with Gasteiger partial charge in [0.25, 0.3) is 5.91 Å². The van der Waals surface area contributed by atoms with Crippen molar-refractivity contribution in [3.05, 3.63) is 35.5 Å². The second-order valence-corrected chi connectivity index (χ2v) is 4.44. The minimum Gasteiger partial charge on any atom is -0.465 e. The molecular weight excluding hydrogens is 274 g/mol. The van der Waals surface area contributed by atoms with Crippen LogP contribution in [0.3, 0.4) is 0 Å². The number of furan rings is 1. The fourth-order valence-corrected chi connectivity index (χ4v) is 1.94. The molecule has 2 aromatic heterocycles. The first kappa shape index (κ1) is 14.8. The SMILES string of the molecule is CCOC(=O)Cn1nc(C)c(NC(=O)c2ccco2)c1C. The number of nitrogens with zero attached hydrogens (tertiary/aromatic N) is 2. The molecule has 2 heterocycles. The number of rotatable bonds is 5. The van der Waals surface area contributed by atoms with Crippen molar-refractivity contribution in [2.45, 2.75) is 27.3 Å². The topological polar surface area (TPSA) is 86.4 Å². The molecule has 2 rings (SSSR count). The lowest BCUT2D eigenvalue weighted by Crippen LogP contribution is -2.16. The van der Waals surface area contributed by atoms with Crippen molar-refractivity contribution in [3.63, 3.8) is 0 Å². The predicted octanol–water partition coefficient (Wildman–Crippen LogP) is 1.91. The van der Waals surface area contributed by atoms with Crippen molar-refractivity contribution >= 4 is 17.6 Å². The van der Waals surface area contributed by atoms with Crippen LogP contribution in [0, 0.1) is 13.8 Å². The van der Waals surface area contributed by atoms with Gasteiger partial charge >= 0.3 is 5.97 Å². The molecule has 0 fully saturated rings. The zero-order valence-electron chi connectivity index (χ0n) is 12.2. The molecule has 7 nitrogen and oxygen atoms in total. The maximum absolute atomic E-state index is 12.0. The molecule has 7 heteroatoms. The van der Waals surface area contributed by atoms with E-state index >= 15 is 0 Å². The highest BCUT2D eigenvalue weighted by atomic mass is 16.5. The van der Waals surface area contributed by atoms with Gasteiger partial charge in [0.1, 0.15) is 6.54 Å². The number of anilines is 1. The van der Waals surface area contributed by atoms with Crippen molar-refractivity contribution in [2.75, 3.05) is 11.9 Å². The molecule has 0 aliphatic carbocycles. The Morgan fingerprint density at radius 1 is 1.43 bits per heavy atom. The third-order valence-electron chi connectivity index (χ3n) is 2.95. The van der Waals surface area contributed by atoms with Crippen molar-refractivity contribution in [2.24, 2.45) is 0 Å². The van der Waals surface area contributed by atoms with E-state index in [4.69, 9.17) is 9.15 Å². The molecule has 0 aliphatic rings. The number of nitrogens with one attached hydrogen (secondary N) is 1. The Hall–Kier alpha value is -2.57. The molecule has 0 unspecified atom stereocenters.